The maximum absolute atomic E-state index is 12.8. The summed E-state index contributed by atoms with van der Waals surface area (Å²) >= 11 is 4.81. The minimum Gasteiger partial charge on any atom is -0.337 e. The van der Waals surface area contributed by atoms with Crippen LogP contribution in [0.3, 0.4) is 0 Å². The Morgan fingerprint density at radius 2 is 1.93 bits per heavy atom. The Hall–Kier alpha value is -1.49. The number of halogens is 2. The average Bonchev–Trinajstić information content (AvgIpc) is 2.57. The summed E-state index contributed by atoms with van der Waals surface area (Å²) in [4.78, 5) is 5.55. The molecule has 0 bridgehead atoms. The van der Waals surface area contributed by atoms with Crippen LogP contribution in [0.5, 0.6) is 0 Å². The second-order valence-electron chi connectivity index (χ2n) is 2.79. The Kier molecular flexibility index (Phi) is 2.17. The number of H-pyrrole nitrogens is 2. The summed E-state index contributed by atoms with van der Waals surface area (Å²) in [5, 5.41) is 0. The van der Waals surface area contributed by atoms with Crippen molar-refractivity contribution in [1.29, 1.82) is 0 Å². The van der Waals surface area contributed by atoms with Gasteiger partial charge in [-0.1, -0.05) is 0 Å². The molecule has 2 rings (SSSR count). The molecule has 0 saturated carbocycles. The monoisotopic (exact) mass is 212 g/mol. The van der Waals surface area contributed by atoms with E-state index in [1.54, 1.807) is 6.20 Å². The maximum Gasteiger partial charge on any atom is 0.174 e. The molecule has 0 saturated heterocycles. The minimum atomic E-state index is -0.872. The van der Waals surface area contributed by atoms with Crippen molar-refractivity contribution in [2.75, 3.05) is 0 Å². The van der Waals surface area contributed by atoms with Crippen molar-refractivity contribution >= 4 is 12.2 Å². The van der Waals surface area contributed by atoms with Crippen LogP contribution in [0.1, 0.15) is 0 Å². The molecule has 2 nitrogen and oxygen atoms in total. The Labute approximate surface area is 83.6 Å². The SMILES string of the molecule is Fc1ccc(-c2c[nH]c(=S)[nH]2)cc1F. The maximum atomic E-state index is 12.8. The zero-order valence-electron chi connectivity index (χ0n) is 6.97. The van der Waals surface area contributed by atoms with Gasteiger partial charge >= 0.3 is 0 Å². The topological polar surface area (TPSA) is 31.6 Å². The van der Waals surface area contributed by atoms with E-state index in [-0.39, 0.29) is 0 Å². The minimum absolute atomic E-state index is 0.449. The lowest BCUT2D eigenvalue weighted by Crippen LogP contribution is -1.85. The lowest BCUT2D eigenvalue weighted by atomic mass is 10.1. The smallest absolute Gasteiger partial charge is 0.174 e. The van der Waals surface area contributed by atoms with Crippen LogP contribution in [-0.4, -0.2) is 9.97 Å². The Morgan fingerprint density at radius 3 is 2.50 bits per heavy atom. The summed E-state index contributed by atoms with van der Waals surface area (Å²) in [6.07, 6.45) is 1.61. The van der Waals surface area contributed by atoms with Gasteiger partial charge in [0.15, 0.2) is 16.4 Å². The number of aromatic nitrogens is 2. The molecule has 0 unspecified atom stereocenters. The molecule has 5 heteroatoms. The van der Waals surface area contributed by atoms with Crippen LogP contribution < -0.4 is 0 Å². The summed E-state index contributed by atoms with van der Waals surface area (Å²) < 4.78 is 25.9. The Bertz CT molecular complexity index is 516. The van der Waals surface area contributed by atoms with E-state index in [1.807, 2.05) is 0 Å². The third-order valence-corrected chi connectivity index (χ3v) is 2.05. The average molecular weight is 212 g/mol. The fourth-order valence-electron chi connectivity index (χ4n) is 1.15. The second-order valence-corrected chi connectivity index (χ2v) is 3.19. The molecule has 0 aliphatic heterocycles. The standard InChI is InChI=1S/C9H6F2N2S/c10-6-2-1-5(3-7(6)11)8-4-12-9(14)13-8/h1-4H,(H2,12,13,14). The van der Waals surface area contributed by atoms with Gasteiger partial charge in [0.25, 0.3) is 0 Å². The highest BCUT2D eigenvalue weighted by Crippen LogP contribution is 2.18. The quantitative estimate of drug-likeness (QED) is 0.699. The molecule has 0 amide bonds. The van der Waals surface area contributed by atoms with E-state index < -0.39 is 11.6 Å². The lowest BCUT2D eigenvalue weighted by molar-refractivity contribution is 0.509. The number of aromatic amines is 2. The van der Waals surface area contributed by atoms with Gasteiger partial charge in [-0.3, -0.25) is 0 Å². The Balaban J connectivity index is 2.52. The highest BCUT2D eigenvalue weighted by Gasteiger charge is 2.04. The van der Waals surface area contributed by atoms with E-state index in [1.165, 1.54) is 6.07 Å². The third kappa shape index (κ3) is 1.58. The molecule has 0 radical (unpaired) electrons. The molecule has 1 aromatic carbocycles. The van der Waals surface area contributed by atoms with E-state index >= 15 is 0 Å². The molecule has 14 heavy (non-hydrogen) atoms. The van der Waals surface area contributed by atoms with Crippen LogP contribution in [0.15, 0.2) is 24.4 Å². The van der Waals surface area contributed by atoms with Gasteiger partial charge < -0.3 is 9.97 Å². The number of nitrogens with one attached hydrogen (secondary N) is 2. The van der Waals surface area contributed by atoms with Crippen molar-refractivity contribution in [2.45, 2.75) is 0 Å². The fourth-order valence-corrected chi connectivity index (χ4v) is 1.32. The summed E-state index contributed by atoms with van der Waals surface area (Å²) in [5.41, 5.74) is 1.19. The van der Waals surface area contributed by atoms with Crippen LogP contribution in [0, 0.1) is 16.4 Å². The van der Waals surface area contributed by atoms with Crippen LogP contribution in [0.25, 0.3) is 11.3 Å². The van der Waals surface area contributed by atoms with Crippen LogP contribution >= 0.6 is 12.2 Å². The van der Waals surface area contributed by atoms with Gasteiger partial charge in [0, 0.05) is 11.8 Å². The zero-order valence-corrected chi connectivity index (χ0v) is 7.79. The molecular weight excluding hydrogens is 206 g/mol. The second kappa shape index (κ2) is 3.34. The third-order valence-electron chi connectivity index (χ3n) is 1.83. The first-order valence-electron chi connectivity index (χ1n) is 3.90. The predicted octanol–water partition coefficient (Wildman–Crippen LogP) is 3.02. The normalized spacial score (nSPS) is 10.4. The van der Waals surface area contributed by atoms with Crippen molar-refractivity contribution in [1.82, 2.24) is 9.97 Å². The number of benzene rings is 1. The highest BCUT2D eigenvalue weighted by atomic mass is 32.1. The Morgan fingerprint density at radius 1 is 1.14 bits per heavy atom. The van der Waals surface area contributed by atoms with E-state index in [9.17, 15) is 8.78 Å². The van der Waals surface area contributed by atoms with Crippen molar-refractivity contribution in [3.8, 4) is 11.3 Å². The van der Waals surface area contributed by atoms with Gasteiger partial charge in [-0.05, 0) is 30.4 Å². The van der Waals surface area contributed by atoms with Gasteiger partial charge in [-0.25, -0.2) is 8.78 Å². The number of hydrogen-bond donors (Lipinski definition) is 2. The van der Waals surface area contributed by atoms with Crippen LogP contribution in [0.4, 0.5) is 8.78 Å². The zero-order chi connectivity index (χ0) is 10.1. The molecule has 2 aromatic rings. The number of imidazole rings is 1. The highest BCUT2D eigenvalue weighted by molar-refractivity contribution is 7.71. The van der Waals surface area contributed by atoms with Gasteiger partial charge in [-0.2, -0.15) is 0 Å². The van der Waals surface area contributed by atoms with Crippen LogP contribution in [-0.2, 0) is 0 Å². The predicted molar refractivity (Wildman–Crippen MR) is 51.3 cm³/mol. The molecule has 0 spiro atoms. The summed E-state index contributed by atoms with van der Waals surface area (Å²) in [6.45, 7) is 0. The van der Waals surface area contributed by atoms with E-state index in [0.29, 0.717) is 16.0 Å². The molecule has 1 heterocycles. The van der Waals surface area contributed by atoms with Crippen molar-refractivity contribution in [2.24, 2.45) is 0 Å². The van der Waals surface area contributed by atoms with Crippen LogP contribution in [0.2, 0.25) is 0 Å². The molecule has 72 valence electrons. The van der Waals surface area contributed by atoms with Gasteiger partial charge in [0.2, 0.25) is 0 Å². The molecular formula is C9H6F2N2S. The van der Waals surface area contributed by atoms with Gasteiger partial charge in [0.1, 0.15) is 0 Å². The molecule has 0 aliphatic carbocycles. The largest absolute Gasteiger partial charge is 0.337 e. The first-order chi connectivity index (χ1) is 6.66. The molecule has 0 fully saturated rings. The van der Waals surface area contributed by atoms with E-state index in [0.717, 1.165) is 12.1 Å². The first-order valence-corrected chi connectivity index (χ1v) is 4.31. The summed E-state index contributed by atoms with van der Waals surface area (Å²) in [7, 11) is 0. The van der Waals surface area contributed by atoms with E-state index in [2.05, 4.69) is 9.97 Å². The van der Waals surface area contributed by atoms with Crippen molar-refractivity contribution in [3.63, 3.8) is 0 Å². The summed E-state index contributed by atoms with van der Waals surface area (Å²) in [5.74, 6) is -1.73. The number of rotatable bonds is 1. The van der Waals surface area contributed by atoms with Gasteiger partial charge in [0.05, 0.1) is 5.69 Å². The summed E-state index contributed by atoms with van der Waals surface area (Å²) in [6, 6.07) is 3.67. The van der Waals surface area contributed by atoms with Crippen molar-refractivity contribution < 1.29 is 8.78 Å². The first kappa shape index (κ1) is 9.08. The molecule has 1 aromatic heterocycles. The van der Waals surface area contributed by atoms with Crippen molar-refractivity contribution in [3.05, 3.63) is 40.8 Å². The fraction of sp³-hybridized carbons (Fsp3) is 0. The number of hydrogen-bond acceptors (Lipinski definition) is 1. The lowest BCUT2D eigenvalue weighted by Gasteiger charge is -1.97. The molecule has 0 atom stereocenters. The van der Waals surface area contributed by atoms with Gasteiger partial charge in [-0.15, -0.1) is 0 Å². The molecule has 2 N–H and O–H groups in total. The molecule has 0 aliphatic rings. The van der Waals surface area contributed by atoms with E-state index in [4.69, 9.17) is 12.2 Å².